The van der Waals surface area contributed by atoms with Gasteiger partial charge in [0.2, 0.25) is 0 Å². The molecule has 1 amide bonds. The van der Waals surface area contributed by atoms with Crippen LogP contribution in [0.1, 0.15) is 42.5 Å². The molecule has 1 saturated heterocycles. The van der Waals surface area contributed by atoms with Gasteiger partial charge in [-0.1, -0.05) is 49.6 Å². The predicted octanol–water partition coefficient (Wildman–Crippen LogP) is 5.01. The van der Waals surface area contributed by atoms with Gasteiger partial charge in [-0.3, -0.25) is 4.79 Å². The fourth-order valence-corrected chi connectivity index (χ4v) is 3.19. The zero-order chi connectivity index (χ0) is 16.5. The molecule has 122 valence electrons. The molecule has 1 aromatic carbocycles. The quantitative estimate of drug-likeness (QED) is 0.648. The Labute approximate surface area is 140 Å². The highest BCUT2D eigenvalue weighted by atomic mass is 16.2. The summed E-state index contributed by atoms with van der Waals surface area (Å²) in [6.07, 6.45) is 11.5. The predicted molar refractivity (Wildman–Crippen MR) is 97.4 cm³/mol. The zero-order valence-electron chi connectivity index (χ0n) is 13.9. The first kappa shape index (κ1) is 17.3. The van der Waals surface area contributed by atoms with Crippen LogP contribution in [0.4, 0.5) is 0 Å². The molecule has 0 radical (unpaired) electrons. The van der Waals surface area contributed by atoms with Gasteiger partial charge in [0.1, 0.15) is 0 Å². The highest BCUT2D eigenvalue weighted by molar-refractivity contribution is 5.94. The summed E-state index contributed by atoms with van der Waals surface area (Å²) in [5.74, 6) is 0.913. The van der Waals surface area contributed by atoms with Crippen LogP contribution in [0.15, 0.2) is 67.3 Å². The van der Waals surface area contributed by atoms with Crippen LogP contribution in [0.2, 0.25) is 0 Å². The summed E-state index contributed by atoms with van der Waals surface area (Å²) in [7, 11) is 0. The summed E-state index contributed by atoms with van der Waals surface area (Å²) < 4.78 is 0. The van der Waals surface area contributed by atoms with Crippen molar-refractivity contribution >= 4 is 5.91 Å². The third-order valence-electron chi connectivity index (χ3n) is 4.59. The average Bonchev–Trinajstić information content (AvgIpc) is 2.61. The van der Waals surface area contributed by atoms with Crippen LogP contribution in [0.25, 0.3) is 0 Å². The van der Waals surface area contributed by atoms with Gasteiger partial charge in [-0.2, -0.15) is 0 Å². The molecule has 23 heavy (non-hydrogen) atoms. The molecule has 2 rings (SSSR count). The van der Waals surface area contributed by atoms with Gasteiger partial charge in [0.15, 0.2) is 0 Å². The molecule has 0 aliphatic carbocycles. The van der Waals surface area contributed by atoms with Gasteiger partial charge in [0, 0.05) is 18.7 Å². The van der Waals surface area contributed by atoms with Gasteiger partial charge in [-0.25, -0.2) is 0 Å². The maximum absolute atomic E-state index is 12.4. The molecule has 0 bridgehead atoms. The highest BCUT2D eigenvalue weighted by Gasteiger charge is 2.23. The van der Waals surface area contributed by atoms with Crippen molar-refractivity contribution in [1.82, 2.24) is 4.90 Å². The summed E-state index contributed by atoms with van der Waals surface area (Å²) in [5, 5.41) is 0. The Morgan fingerprint density at radius 2 is 1.87 bits per heavy atom. The zero-order valence-corrected chi connectivity index (χ0v) is 13.9. The molecule has 1 aliphatic rings. The number of amides is 1. The number of hydrogen-bond acceptors (Lipinski definition) is 1. The van der Waals surface area contributed by atoms with E-state index < -0.39 is 0 Å². The molecule has 0 aromatic heterocycles. The van der Waals surface area contributed by atoms with Gasteiger partial charge in [-0.05, 0) is 55.7 Å². The molecule has 0 unspecified atom stereocenters. The van der Waals surface area contributed by atoms with Crippen LogP contribution >= 0.6 is 0 Å². The smallest absolute Gasteiger partial charge is 0.253 e. The lowest BCUT2D eigenvalue weighted by atomic mass is 9.90. The summed E-state index contributed by atoms with van der Waals surface area (Å²) in [6.45, 7) is 9.35. The van der Waals surface area contributed by atoms with Gasteiger partial charge >= 0.3 is 0 Å². The molecule has 1 heterocycles. The summed E-state index contributed by atoms with van der Waals surface area (Å²) in [6, 6.07) is 9.59. The minimum atomic E-state index is 0.173. The van der Waals surface area contributed by atoms with E-state index in [1.54, 1.807) is 0 Å². The Morgan fingerprint density at radius 1 is 1.17 bits per heavy atom. The lowest BCUT2D eigenvalue weighted by molar-refractivity contribution is 0.0686. The van der Waals surface area contributed by atoms with Crippen LogP contribution in [0.3, 0.4) is 0 Å². The van der Waals surface area contributed by atoms with Crippen molar-refractivity contribution in [1.29, 1.82) is 0 Å². The number of piperidine rings is 1. The topological polar surface area (TPSA) is 20.3 Å². The number of nitrogens with zero attached hydrogens (tertiary/aromatic N) is 1. The lowest BCUT2D eigenvalue weighted by Gasteiger charge is -2.32. The Kier molecular flexibility index (Phi) is 6.86. The number of carbonyl (C=O) groups excluding carboxylic acids is 1. The van der Waals surface area contributed by atoms with E-state index in [0.29, 0.717) is 0 Å². The lowest BCUT2D eigenvalue weighted by Crippen LogP contribution is -2.38. The fourth-order valence-electron chi connectivity index (χ4n) is 3.19. The second-order valence-electron chi connectivity index (χ2n) is 6.18. The van der Waals surface area contributed by atoms with Gasteiger partial charge in [0.05, 0.1) is 0 Å². The number of allylic oxidation sites excluding steroid dienone is 4. The van der Waals surface area contributed by atoms with Crippen LogP contribution < -0.4 is 0 Å². The van der Waals surface area contributed by atoms with E-state index >= 15 is 0 Å². The van der Waals surface area contributed by atoms with Crippen LogP contribution in [0, 0.1) is 5.92 Å². The average molecular weight is 309 g/mol. The molecule has 1 aromatic rings. The van der Waals surface area contributed by atoms with Crippen LogP contribution in [-0.4, -0.2) is 23.9 Å². The Balaban J connectivity index is 1.74. The Morgan fingerprint density at radius 3 is 2.48 bits per heavy atom. The van der Waals surface area contributed by atoms with E-state index in [1.807, 2.05) is 53.5 Å². The van der Waals surface area contributed by atoms with E-state index in [1.165, 1.54) is 18.4 Å². The molecular formula is C21H27NO. The maximum Gasteiger partial charge on any atom is 0.253 e. The third-order valence-corrected chi connectivity index (χ3v) is 4.59. The summed E-state index contributed by atoms with van der Waals surface area (Å²) in [4.78, 5) is 14.4. The highest BCUT2D eigenvalue weighted by Crippen LogP contribution is 2.24. The van der Waals surface area contributed by atoms with Gasteiger partial charge < -0.3 is 4.90 Å². The van der Waals surface area contributed by atoms with E-state index in [-0.39, 0.29) is 5.91 Å². The summed E-state index contributed by atoms with van der Waals surface area (Å²) in [5.41, 5.74) is 2.06. The van der Waals surface area contributed by atoms with Crippen molar-refractivity contribution in [2.75, 3.05) is 13.1 Å². The number of hydrogen-bond donors (Lipinski definition) is 0. The normalized spacial score (nSPS) is 16.2. The van der Waals surface area contributed by atoms with Crippen LogP contribution in [-0.2, 0) is 0 Å². The van der Waals surface area contributed by atoms with Crippen molar-refractivity contribution in [2.24, 2.45) is 5.92 Å². The first-order valence-corrected chi connectivity index (χ1v) is 8.53. The second kappa shape index (κ2) is 9.14. The van der Waals surface area contributed by atoms with Crippen molar-refractivity contribution in [3.05, 3.63) is 72.9 Å². The summed E-state index contributed by atoms with van der Waals surface area (Å²) >= 11 is 0. The standard InChI is InChI=1S/C21H27NO/c1-3-9-18(4-2)10-8-11-19-14-16-22(17-15-19)21(23)20-12-6-5-7-13-20/h3-7,9,12-13,19H,1-2,8,10-11,14-17H2/b18-9+. The molecule has 0 atom stereocenters. The molecule has 0 saturated carbocycles. The Bertz CT molecular complexity index is 550. The first-order valence-electron chi connectivity index (χ1n) is 8.53. The number of likely N-dealkylation sites (tertiary alicyclic amines) is 1. The van der Waals surface area contributed by atoms with Gasteiger partial charge in [-0.15, -0.1) is 0 Å². The van der Waals surface area contributed by atoms with E-state index in [2.05, 4.69) is 13.2 Å². The van der Waals surface area contributed by atoms with Gasteiger partial charge in [0.25, 0.3) is 5.91 Å². The second-order valence-corrected chi connectivity index (χ2v) is 6.18. The fraction of sp³-hybridized carbons (Fsp3) is 0.381. The molecule has 0 spiro atoms. The van der Waals surface area contributed by atoms with E-state index in [9.17, 15) is 4.79 Å². The van der Waals surface area contributed by atoms with E-state index in [4.69, 9.17) is 0 Å². The maximum atomic E-state index is 12.4. The number of rotatable bonds is 7. The first-order chi connectivity index (χ1) is 11.2. The molecule has 2 heteroatoms. The Hall–Kier alpha value is -2.09. The molecule has 1 aliphatic heterocycles. The SMILES string of the molecule is C=C/C=C(\C=C)CCCC1CCN(C(=O)c2ccccc2)CC1. The van der Waals surface area contributed by atoms with Crippen molar-refractivity contribution in [3.8, 4) is 0 Å². The van der Waals surface area contributed by atoms with Crippen molar-refractivity contribution < 1.29 is 4.79 Å². The molecule has 1 fully saturated rings. The largest absolute Gasteiger partial charge is 0.339 e. The minimum absolute atomic E-state index is 0.173. The van der Waals surface area contributed by atoms with E-state index in [0.717, 1.165) is 43.8 Å². The van der Waals surface area contributed by atoms with Crippen molar-refractivity contribution in [2.45, 2.75) is 32.1 Å². The molecule has 2 nitrogen and oxygen atoms in total. The van der Waals surface area contributed by atoms with Crippen LogP contribution in [0.5, 0.6) is 0 Å². The monoisotopic (exact) mass is 309 g/mol. The minimum Gasteiger partial charge on any atom is -0.339 e. The molecule has 0 N–H and O–H groups in total. The number of carbonyl (C=O) groups is 1. The molecular weight excluding hydrogens is 282 g/mol. The number of benzene rings is 1. The van der Waals surface area contributed by atoms with Crippen molar-refractivity contribution in [3.63, 3.8) is 0 Å². The third kappa shape index (κ3) is 5.24.